The lowest BCUT2D eigenvalue weighted by molar-refractivity contribution is -0.0389. The molecule has 1 aromatic carbocycles. The van der Waals surface area contributed by atoms with Crippen molar-refractivity contribution in [1.29, 1.82) is 0 Å². The Hall–Kier alpha value is -1.42. The summed E-state index contributed by atoms with van der Waals surface area (Å²) >= 11 is 0. The van der Waals surface area contributed by atoms with Crippen LogP contribution in [0.15, 0.2) is 12.1 Å². The largest absolute Gasteiger partial charge is 0.385 e. The van der Waals surface area contributed by atoms with Crippen molar-refractivity contribution in [3.63, 3.8) is 0 Å². The maximum atomic E-state index is 14.3. The fourth-order valence-electron chi connectivity index (χ4n) is 3.44. The molecule has 0 aliphatic heterocycles. The second-order valence-corrected chi connectivity index (χ2v) is 6.32. The second kappa shape index (κ2) is 4.04. The molecule has 1 aromatic heterocycles. The zero-order valence-electron chi connectivity index (χ0n) is 11.7. The van der Waals surface area contributed by atoms with Crippen LogP contribution in [0.5, 0.6) is 0 Å². The normalized spacial score (nSPS) is 21.8. The molecule has 2 aliphatic rings. The third-order valence-electron chi connectivity index (χ3n) is 5.08. The van der Waals surface area contributed by atoms with Gasteiger partial charge in [-0.2, -0.15) is 0 Å². The number of rotatable bonds is 2. The Morgan fingerprint density at radius 3 is 2.60 bits per heavy atom. The van der Waals surface area contributed by atoms with E-state index in [0.717, 1.165) is 43.4 Å². The van der Waals surface area contributed by atoms with Crippen LogP contribution in [0.3, 0.4) is 0 Å². The van der Waals surface area contributed by atoms with Gasteiger partial charge in [-0.25, -0.2) is 9.37 Å². The van der Waals surface area contributed by atoms with Gasteiger partial charge in [0.05, 0.1) is 11.1 Å². The van der Waals surface area contributed by atoms with E-state index in [0.29, 0.717) is 17.1 Å². The molecule has 4 rings (SSSR count). The van der Waals surface area contributed by atoms with E-state index in [1.54, 1.807) is 0 Å². The molecule has 0 saturated heterocycles. The van der Waals surface area contributed by atoms with Crippen LogP contribution < -0.4 is 0 Å². The number of hydrogen-bond donors (Lipinski definition) is 1. The van der Waals surface area contributed by atoms with Crippen LogP contribution in [-0.2, 0) is 5.60 Å². The standard InChI is InChI=1S/C16H19FN2O/c1-10-18-15-13(17)8-11(16(20)6-3-7-16)9-14(15)19(10)12-4-2-5-12/h8-9,12,20H,2-7H2,1H3. The Kier molecular flexibility index (Phi) is 2.49. The highest BCUT2D eigenvalue weighted by molar-refractivity contribution is 5.78. The Bertz CT molecular complexity index is 683. The number of nitrogens with zero attached hydrogens (tertiary/aromatic N) is 2. The minimum Gasteiger partial charge on any atom is -0.385 e. The summed E-state index contributed by atoms with van der Waals surface area (Å²) in [7, 11) is 0. The SMILES string of the molecule is Cc1nc2c(F)cc(C3(O)CCC3)cc2n1C1CCC1. The number of aliphatic hydroxyl groups is 1. The lowest BCUT2D eigenvalue weighted by Gasteiger charge is -2.37. The molecule has 4 heteroatoms. The van der Waals surface area contributed by atoms with Crippen LogP contribution in [0.4, 0.5) is 4.39 Å². The number of aryl methyl sites for hydroxylation is 1. The first-order chi connectivity index (χ1) is 9.58. The first-order valence-electron chi connectivity index (χ1n) is 7.49. The van der Waals surface area contributed by atoms with Gasteiger partial charge in [0.15, 0.2) is 5.82 Å². The molecule has 2 saturated carbocycles. The topological polar surface area (TPSA) is 38.1 Å². The number of aromatic nitrogens is 2. The Morgan fingerprint density at radius 1 is 1.30 bits per heavy atom. The smallest absolute Gasteiger partial charge is 0.151 e. The molecular formula is C16H19FN2O. The molecule has 0 atom stereocenters. The van der Waals surface area contributed by atoms with E-state index in [1.165, 1.54) is 12.5 Å². The van der Waals surface area contributed by atoms with Crippen molar-refractivity contribution in [1.82, 2.24) is 9.55 Å². The number of hydrogen-bond acceptors (Lipinski definition) is 2. The Morgan fingerprint density at radius 2 is 2.05 bits per heavy atom. The van der Waals surface area contributed by atoms with E-state index in [1.807, 2.05) is 13.0 Å². The van der Waals surface area contributed by atoms with Crippen molar-refractivity contribution in [3.8, 4) is 0 Å². The molecule has 0 radical (unpaired) electrons. The molecule has 0 spiro atoms. The van der Waals surface area contributed by atoms with Gasteiger partial charge in [-0.15, -0.1) is 0 Å². The van der Waals surface area contributed by atoms with Gasteiger partial charge in [-0.1, -0.05) is 0 Å². The molecule has 106 valence electrons. The van der Waals surface area contributed by atoms with Gasteiger partial charge in [-0.05, 0) is 63.1 Å². The molecule has 2 fully saturated rings. The van der Waals surface area contributed by atoms with Crippen molar-refractivity contribution >= 4 is 11.0 Å². The lowest BCUT2D eigenvalue weighted by Crippen LogP contribution is -2.33. The highest BCUT2D eigenvalue weighted by Gasteiger charge is 2.37. The molecule has 0 unspecified atom stereocenters. The zero-order valence-corrected chi connectivity index (χ0v) is 11.7. The monoisotopic (exact) mass is 274 g/mol. The van der Waals surface area contributed by atoms with Gasteiger partial charge in [-0.3, -0.25) is 0 Å². The summed E-state index contributed by atoms with van der Waals surface area (Å²) < 4.78 is 16.5. The van der Waals surface area contributed by atoms with Crippen molar-refractivity contribution in [2.75, 3.05) is 0 Å². The lowest BCUT2D eigenvalue weighted by atomic mass is 9.75. The number of halogens is 1. The fraction of sp³-hybridized carbons (Fsp3) is 0.562. The van der Waals surface area contributed by atoms with Crippen molar-refractivity contribution in [2.24, 2.45) is 0 Å². The Balaban J connectivity index is 1.92. The van der Waals surface area contributed by atoms with Crippen LogP contribution >= 0.6 is 0 Å². The quantitative estimate of drug-likeness (QED) is 0.909. The minimum absolute atomic E-state index is 0.306. The summed E-state index contributed by atoms with van der Waals surface area (Å²) in [5.74, 6) is 0.570. The molecule has 2 aromatic rings. The summed E-state index contributed by atoms with van der Waals surface area (Å²) in [6, 6.07) is 3.88. The van der Waals surface area contributed by atoms with Gasteiger partial charge in [0.25, 0.3) is 0 Å². The Labute approximate surface area is 117 Å². The highest BCUT2D eigenvalue weighted by atomic mass is 19.1. The maximum Gasteiger partial charge on any atom is 0.151 e. The molecule has 1 heterocycles. The summed E-state index contributed by atoms with van der Waals surface area (Å²) in [5, 5.41) is 10.5. The molecule has 2 aliphatic carbocycles. The average molecular weight is 274 g/mol. The van der Waals surface area contributed by atoms with E-state index in [2.05, 4.69) is 9.55 Å². The third kappa shape index (κ3) is 1.57. The first-order valence-corrected chi connectivity index (χ1v) is 7.49. The zero-order chi connectivity index (χ0) is 13.9. The van der Waals surface area contributed by atoms with Gasteiger partial charge in [0.1, 0.15) is 11.3 Å². The molecule has 1 N–H and O–H groups in total. The number of benzene rings is 1. The van der Waals surface area contributed by atoms with Crippen molar-refractivity contribution in [2.45, 2.75) is 57.1 Å². The van der Waals surface area contributed by atoms with E-state index < -0.39 is 5.60 Å². The predicted octanol–water partition coefficient (Wildman–Crippen LogP) is 3.58. The minimum atomic E-state index is -0.822. The van der Waals surface area contributed by atoms with Crippen LogP contribution in [0.2, 0.25) is 0 Å². The predicted molar refractivity (Wildman–Crippen MR) is 75.1 cm³/mol. The van der Waals surface area contributed by atoms with Gasteiger partial charge < -0.3 is 9.67 Å². The summed E-state index contributed by atoms with van der Waals surface area (Å²) in [6.07, 6.45) is 5.99. The summed E-state index contributed by atoms with van der Waals surface area (Å²) in [6.45, 7) is 1.94. The summed E-state index contributed by atoms with van der Waals surface area (Å²) in [5.41, 5.74) is 1.19. The molecule has 20 heavy (non-hydrogen) atoms. The average Bonchev–Trinajstić information content (AvgIpc) is 2.63. The molecular weight excluding hydrogens is 255 g/mol. The van der Waals surface area contributed by atoms with E-state index in [4.69, 9.17) is 0 Å². The van der Waals surface area contributed by atoms with Crippen LogP contribution in [0, 0.1) is 12.7 Å². The van der Waals surface area contributed by atoms with Gasteiger partial charge in [0.2, 0.25) is 0 Å². The van der Waals surface area contributed by atoms with E-state index >= 15 is 0 Å². The van der Waals surface area contributed by atoms with Crippen molar-refractivity contribution < 1.29 is 9.50 Å². The maximum absolute atomic E-state index is 14.3. The van der Waals surface area contributed by atoms with E-state index in [-0.39, 0.29) is 5.82 Å². The third-order valence-corrected chi connectivity index (χ3v) is 5.08. The highest BCUT2D eigenvalue weighted by Crippen LogP contribution is 2.43. The first kappa shape index (κ1) is 12.3. The van der Waals surface area contributed by atoms with Gasteiger partial charge >= 0.3 is 0 Å². The molecule has 0 bridgehead atoms. The van der Waals surface area contributed by atoms with Crippen LogP contribution in [0.1, 0.15) is 56.0 Å². The summed E-state index contributed by atoms with van der Waals surface area (Å²) in [4.78, 5) is 4.39. The second-order valence-electron chi connectivity index (χ2n) is 6.32. The van der Waals surface area contributed by atoms with Crippen molar-refractivity contribution in [3.05, 3.63) is 29.3 Å². The van der Waals surface area contributed by atoms with Gasteiger partial charge in [0, 0.05) is 6.04 Å². The van der Waals surface area contributed by atoms with E-state index in [9.17, 15) is 9.50 Å². The molecule has 0 amide bonds. The number of imidazole rings is 1. The molecule has 3 nitrogen and oxygen atoms in total. The number of fused-ring (bicyclic) bond motifs is 1. The van der Waals surface area contributed by atoms with Crippen LogP contribution in [0.25, 0.3) is 11.0 Å². The fourth-order valence-corrected chi connectivity index (χ4v) is 3.44. The van der Waals surface area contributed by atoms with Crippen LogP contribution in [-0.4, -0.2) is 14.7 Å².